The summed E-state index contributed by atoms with van der Waals surface area (Å²) in [6.45, 7) is 1.99. The largest absolute Gasteiger partial charge is 0.480 e. The SMILES string of the molecule is Cc1nn(C)c2ncc(S(=O)(=O)N3CCCC3C(=O)O)cc12. The first-order chi connectivity index (χ1) is 10.3. The number of nitrogens with zero attached hydrogens (tertiary/aromatic N) is 4. The highest BCUT2D eigenvalue weighted by molar-refractivity contribution is 7.89. The first kappa shape index (κ1) is 14.9. The standard InChI is InChI=1S/C13H16N4O4S/c1-8-10-6-9(7-14-12(10)16(2)15-8)22(20,21)17-5-3-4-11(17)13(18)19/h6-7,11H,3-5H2,1-2H3,(H,18,19). The molecule has 3 rings (SSSR count). The highest BCUT2D eigenvalue weighted by Gasteiger charge is 2.39. The van der Waals surface area contributed by atoms with E-state index in [1.807, 2.05) is 0 Å². The second kappa shape index (κ2) is 5.03. The van der Waals surface area contributed by atoms with Crippen molar-refractivity contribution in [2.75, 3.05) is 6.54 Å². The number of aliphatic carboxylic acids is 1. The number of rotatable bonds is 3. The molecule has 0 aliphatic carbocycles. The van der Waals surface area contributed by atoms with Crippen LogP contribution in [0.5, 0.6) is 0 Å². The molecule has 2 aromatic heterocycles. The molecular formula is C13H16N4O4S. The van der Waals surface area contributed by atoms with Gasteiger partial charge < -0.3 is 5.11 Å². The lowest BCUT2D eigenvalue weighted by Gasteiger charge is -2.20. The van der Waals surface area contributed by atoms with E-state index in [9.17, 15) is 18.3 Å². The predicted octanol–water partition coefficient (Wildman–Crippen LogP) is 0.514. The number of hydrogen-bond donors (Lipinski definition) is 1. The van der Waals surface area contributed by atoms with Crippen molar-refractivity contribution in [3.05, 3.63) is 18.0 Å². The maximum atomic E-state index is 12.7. The molecule has 0 bridgehead atoms. The summed E-state index contributed by atoms with van der Waals surface area (Å²) in [6, 6.07) is 0.507. The molecule has 1 atom stereocenters. The van der Waals surface area contributed by atoms with Crippen LogP contribution in [0.15, 0.2) is 17.2 Å². The molecule has 1 unspecified atom stereocenters. The van der Waals surface area contributed by atoms with E-state index in [-0.39, 0.29) is 11.4 Å². The summed E-state index contributed by atoms with van der Waals surface area (Å²) < 4.78 is 28.0. The molecule has 1 aliphatic heterocycles. The van der Waals surface area contributed by atoms with E-state index >= 15 is 0 Å². The van der Waals surface area contributed by atoms with Crippen LogP contribution >= 0.6 is 0 Å². The molecular weight excluding hydrogens is 308 g/mol. The quantitative estimate of drug-likeness (QED) is 0.882. The third kappa shape index (κ3) is 2.17. The first-order valence-corrected chi connectivity index (χ1v) is 8.30. The number of aromatic nitrogens is 3. The lowest BCUT2D eigenvalue weighted by molar-refractivity contribution is -0.140. The van der Waals surface area contributed by atoms with Gasteiger partial charge in [0.05, 0.1) is 5.69 Å². The molecule has 8 nitrogen and oxygen atoms in total. The zero-order chi connectivity index (χ0) is 16.1. The Kier molecular flexibility index (Phi) is 3.41. The van der Waals surface area contributed by atoms with Crippen molar-refractivity contribution < 1.29 is 18.3 Å². The van der Waals surface area contributed by atoms with Crippen LogP contribution in [0.4, 0.5) is 0 Å². The smallest absolute Gasteiger partial charge is 0.322 e. The van der Waals surface area contributed by atoms with Crippen molar-refractivity contribution in [3.8, 4) is 0 Å². The van der Waals surface area contributed by atoms with Gasteiger partial charge in [0.25, 0.3) is 0 Å². The highest BCUT2D eigenvalue weighted by atomic mass is 32.2. The fraction of sp³-hybridized carbons (Fsp3) is 0.462. The summed E-state index contributed by atoms with van der Waals surface area (Å²) in [4.78, 5) is 15.4. The van der Waals surface area contributed by atoms with Gasteiger partial charge in [0.2, 0.25) is 10.0 Å². The third-order valence-corrected chi connectivity index (χ3v) is 5.81. The average Bonchev–Trinajstić information content (AvgIpc) is 3.05. The van der Waals surface area contributed by atoms with E-state index in [4.69, 9.17) is 0 Å². The Morgan fingerprint density at radius 3 is 2.86 bits per heavy atom. The maximum absolute atomic E-state index is 12.7. The monoisotopic (exact) mass is 324 g/mol. The van der Waals surface area contributed by atoms with Crippen LogP contribution in [0.1, 0.15) is 18.5 Å². The van der Waals surface area contributed by atoms with E-state index in [2.05, 4.69) is 10.1 Å². The molecule has 1 fully saturated rings. The van der Waals surface area contributed by atoms with Crippen LogP contribution in [0.25, 0.3) is 11.0 Å². The summed E-state index contributed by atoms with van der Waals surface area (Å²) in [5, 5.41) is 14.0. The first-order valence-electron chi connectivity index (χ1n) is 6.86. The van der Waals surface area contributed by atoms with Crippen LogP contribution in [-0.4, -0.2) is 51.1 Å². The third-order valence-electron chi connectivity index (χ3n) is 3.93. The van der Waals surface area contributed by atoms with Gasteiger partial charge in [-0.3, -0.25) is 9.48 Å². The average molecular weight is 324 g/mol. The van der Waals surface area contributed by atoms with Crippen molar-refractivity contribution >= 4 is 27.0 Å². The molecule has 3 heterocycles. The van der Waals surface area contributed by atoms with Crippen molar-refractivity contribution in [1.29, 1.82) is 0 Å². The number of fused-ring (bicyclic) bond motifs is 1. The number of hydrogen-bond acceptors (Lipinski definition) is 5. The topological polar surface area (TPSA) is 105 Å². The van der Waals surface area contributed by atoms with Crippen LogP contribution in [0.3, 0.4) is 0 Å². The van der Waals surface area contributed by atoms with Crippen LogP contribution in [0, 0.1) is 6.92 Å². The number of carboxylic acids is 1. The molecule has 9 heteroatoms. The number of pyridine rings is 1. The number of carbonyl (C=O) groups is 1. The summed E-state index contributed by atoms with van der Waals surface area (Å²) in [5.74, 6) is -1.12. The van der Waals surface area contributed by atoms with E-state index in [0.717, 1.165) is 4.31 Å². The molecule has 1 N–H and O–H groups in total. The normalized spacial score (nSPS) is 19.8. The van der Waals surface area contributed by atoms with E-state index in [0.29, 0.717) is 29.6 Å². The molecule has 0 spiro atoms. The van der Waals surface area contributed by atoms with Crippen LogP contribution < -0.4 is 0 Å². The van der Waals surface area contributed by atoms with E-state index < -0.39 is 22.0 Å². The van der Waals surface area contributed by atoms with Gasteiger partial charge in [0.1, 0.15) is 10.9 Å². The Labute approximate surface area is 127 Å². The van der Waals surface area contributed by atoms with Gasteiger partial charge in [0, 0.05) is 25.2 Å². The molecule has 1 saturated heterocycles. The Bertz CT molecular complexity index is 858. The molecule has 0 radical (unpaired) electrons. The molecule has 2 aromatic rings. The minimum atomic E-state index is -3.88. The van der Waals surface area contributed by atoms with Crippen LogP contribution in [-0.2, 0) is 21.9 Å². The van der Waals surface area contributed by atoms with Gasteiger partial charge in [-0.1, -0.05) is 0 Å². The molecule has 118 valence electrons. The summed E-state index contributed by atoms with van der Waals surface area (Å²) in [7, 11) is -2.15. The highest BCUT2D eigenvalue weighted by Crippen LogP contribution is 2.28. The van der Waals surface area contributed by atoms with E-state index in [1.54, 1.807) is 18.7 Å². The number of sulfonamides is 1. The van der Waals surface area contributed by atoms with Gasteiger partial charge in [-0.05, 0) is 25.8 Å². The Hall–Kier alpha value is -2.00. The predicted molar refractivity (Wildman–Crippen MR) is 77.8 cm³/mol. The Morgan fingerprint density at radius 1 is 1.45 bits per heavy atom. The molecule has 22 heavy (non-hydrogen) atoms. The van der Waals surface area contributed by atoms with Gasteiger partial charge in [-0.25, -0.2) is 13.4 Å². The minimum Gasteiger partial charge on any atom is -0.480 e. The molecule has 1 aliphatic rings. The fourth-order valence-corrected chi connectivity index (χ4v) is 4.46. The Balaban J connectivity index is 2.09. The zero-order valence-corrected chi connectivity index (χ0v) is 13.0. The number of aryl methyl sites for hydroxylation is 2. The minimum absolute atomic E-state index is 0.00394. The molecule has 0 amide bonds. The van der Waals surface area contributed by atoms with Crippen LogP contribution in [0.2, 0.25) is 0 Å². The molecule has 0 saturated carbocycles. The van der Waals surface area contributed by atoms with Gasteiger partial charge >= 0.3 is 5.97 Å². The van der Waals surface area contributed by atoms with Gasteiger partial charge in [0.15, 0.2) is 5.65 Å². The zero-order valence-electron chi connectivity index (χ0n) is 12.2. The van der Waals surface area contributed by atoms with Crippen molar-refractivity contribution in [3.63, 3.8) is 0 Å². The number of carboxylic acid groups (broad SMARTS) is 1. The second-order valence-electron chi connectivity index (χ2n) is 5.36. The van der Waals surface area contributed by atoms with Gasteiger partial charge in [-0.2, -0.15) is 9.40 Å². The molecule has 0 aromatic carbocycles. The second-order valence-corrected chi connectivity index (χ2v) is 7.25. The lowest BCUT2D eigenvalue weighted by atomic mass is 10.2. The summed E-state index contributed by atoms with van der Waals surface area (Å²) in [6.07, 6.45) is 2.13. The summed E-state index contributed by atoms with van der Waals surface area (Å²) >= 11 is 0. The maximum Gasteiger partial charge on any atom is 0.322 e. The fourth-order valence-electron chi connectivity index (χ4n) is 2.84. The lowest BCUT2D eigenvalue weighted by Crippen LogP contribution is -2.40. The van der Waals surface area contributed by atoms with Gasteiger partial charge in [-0.15, -0.1) is 0 Å². The Morgan fingerprint density at radius 2 is 2.18 bits per heavy atom. The van der Waals surface area contributed by atoms with Crippen molar-refractivity contribution in [2.45, 2.75) is 30.7 Å². The summed E-state index contributed by atoms with van der Waals surface area (Å²) in [5.41, 5.74) is 1.27. The van der Waals surface area contributed by atoms with Crippen molar-refractivity contribution in [1.82, 2.24) is 19.1 Å². The van der Waals surface area contributed by atoms with Crippen molar-refractivity contribution in [2.24, 2.45) is 7.05 Å². The van der Waals surface area contributed by atoms with E-state index in [1.165, 1.54) is 12.3 Å².